The second kappa shape index (κ2) is 8.30. The van der Waals surface area contributed by atoms with Crippen LogP contribution in [0.2, 0.25) is 0 Å². The van der Waals surface area contributed by atoms with Crippen molar-refractivity contribution in [2.24, 2.45) is 0 Å². The lowest BCUT2D eigenvalue weighted by Gasteiger charge is -2.34. The SMILES string of the molecule is O=C(O)c1cccc(CNCC2(c3ccccc3)CCCCCC2)c1. The highest BCUT2D eigenvalue weighted by Crippen LogP contribution is 2.37. The maximum absolute atomic E-state index is 11.1. The highest BCUT2D eigenvalue weighted by atomic mass is 16.4. The summed E-state index contributed by atoms with van der Waals surface area (Å²) in [5.74, 6) is -0.869. The molecule has 0 aromatic heterocycles. The normalized spacial score (nSPS) is 17.0. The zero-order valence-corrected chi connectivity index (χ0v) is 14.7. The van der Waals surface area contributed by atoms with Crippen molar-refractivity contribution >= 4 is 5.97 Å². The first-order valence-corrected chi connectivity index (χ1v) is 9.28. The van der Waals surface area contributed by atoms with Gasteiger partial charge in [-0.15, -0.1) is 0 Å². The minimum absolute atomic E-state index is 0.197. The molecule has 2 aromatic rings. The Hall–Kier alpha value is -2.13. The van der Waals surface area contributed by atoms with Crippen molar-refractivity contribution in [2.75, 3.05) is 6.54 Å². The van der Waals surface area contributed by atoms with Crippen LogP contribution in [0, 0.1) is 0 Å². The van der Waals surface area contributed by atoms with E-state index in [1.54, 1.807) is 12.1 Å². The Labute approximate surface area is 150 Å². The van der Waals surface area contributed by atoms with Crippen molar-refractivity contribution in [3.8, 4) is 0 Å². The van der Waals surface area contributed by atoms with Gasteiger partial charge in [-0.05, 0) is 36.1 Å². The van der Waals surface area contributed by atoms with Crippen LogP contribution in [0.15, 0.2) is 54.6 Å². The maximum Gasteiger partial charge on any atom is 0.335 e. The van der Waals surface area contributed by atoms with E-state index < -0.39 is 5.97 Å². The molecule has 3 nitrogen and oxygen atoms in total. The molecule has 0 unspecified atom stereocenters. The minimum atomic E-state index is -0.869. The second-order valence-corrected chi connectivity index (χ2v) is 7.17. The molecule has 1 aliphatic carbocycles. The van der Waals surface area contributed by atoms with Gasteiger partial charge < -0.3 is 10.4 Å². The summed E-state index contributed by atoms with van der Waals surface area (Å²) in [5.41, 5.74) is 3.01. The summed E-state index contributed by atoms with van der Waals surface area (Å²) < 4.78 is 0. The van der Waals surface area contributed by atoms with Crippen LogP contribution in [0.3, 0.4) is 0 Å². The van der Waals surface area contributed by atoms with Crippen LogP contribution in [0.4, 0.5) is 0 Å². The molecule has 0 heterocycles. The number of aromatic carboxylic acids is 1. The largest absolute Gasteiger partial charge is 0.478 e. The van der Waals surface area contributed by atoms with E-state index in [1.165, 1.54) is 44.1 Å². The van der Waals surface area contributed by atoms with Crippen LogP contribution in [0.5, 0.6) is 0 Å². The molecule has 3 heteroatoms. The summed E-state index contributed by atoms with van der Waals surface area (Å²) in [5, 5.41) is 12.8. The molecular formula is C22H27NO2. The highest BCUT2D eigenvalue weighted by Gasteiger charge is 2.32. The van der Waals surface area contributed by atoms with Gasteiger partial charge in [-0.2, -0.15) is 0 Å². The van der Waals surface area contributed by atoms with Gasteiger partial charge in [-0.1, -0.05) is 68.1 Å². The fourth-order valence-electron chi connectivity index (χ4n) is 4.02. The Bertz CT molecular complexity index is 688. The van der Waals surface area contributed by atoms with E-state index in [9.17, 15) is 4.79 Å². The number of hydrogen-bond donors (Lipinski definition) is 2. The zero-order chi connectivity index (χ0) is 17.5. The molecule has 0 bridgehead atoms. The van der Waals surface area contributed by atoms with Crippen LogP contribution >= 0.6 is 0 Å². The molecule has 2 N–H and O–H groups in total. The third-order valence-electron chi connectivity index (χ3n) is 5.41. The highest BCUT2D eigenvalue weighted by molar-refractivity contribution is 5.87. The molecule has 132 valence electrons. The average Bonchev–Trinajstić information content (AvgIpc) is 2.89. The Morgan fingerprint density at radius 2 is 1.68 bits per heavy atom. The van der Waals surface area contributed by atoms with Gasteiger partial charge in [-0.3, -0.25) is 0 Å². The van der Waals surface area contributed by atoms with Crippen LogP contribution in [-0.4, -0.2) is 17.6 Å². The Balaban J connectivity index is 1.71. The molecule has 0 aliphatic heterocycles. The Morgan fingerprint density at radius 3 is 2.36 bits per heavy atom. The molecule has 0 radical (unpaired) electrons. The maximum atomic E-state index is 11.1. The lowest BCUT2D eigenvalue weighted by Crippen LogP contribution is -2.37. The molecule has 25 heavy (non-hydrogen) atoms. The molecule has 1 fully saturated rings. The molecule has 0 atom stereocenters. The quantitative estimate of drug-likeness (QED) is 0.747. The van der Waals surface area contributed by atoms with Crippen molar-refractivity contribution in [1.82, 2.24) is 5.32 Å². The molecule has 1 saturated carbocycles. The van der Waals surface area contributed by atoms with E-state index in [1.807, 2.05) is 12.1 Å². The van der Waals surface area contributed by atoms with Crippen molar-refractivity contribution in [1.29, 1.82) is 0 Å². The molecule has 0 amide bonds. The van der Waals surface area contributed by atoms with Crippen LogP contribution < -0.4 is 5.32 Å². The lowest BCUT2D eigenvalue weighted by atomic mass is 9.74. The standard InChI is InChI=1S/C22H27NO2/c24-21(25)19-10-8-9-18(15-19)16-23-17-22(13-6-1-2-7-14-22)20-11-4-3-5-12-20/h3-5,8-12,15,23H,1-2,6-7,13-14,16-17H2,(H,24,25). The lowest BCUT2D eigenvalue weighted by molar-refractivity contribution is 0.0696. The molecule has 3 rings (SSSR count). The van der Waals surface area contributed by atoms with Crippen LogP contribution in [-0.2, 0) is 12.0 Å². The van der Waals surface area contributed by atoms with E-state index in [-0.39, 0.29) is 5.41 Å². The van der Waals surface area contributed by atoms with Gasteiger partial charge in [0.15, 0.2) is 0 Å². The minimum Gasteiger partial charge on any atom is -0.478 e. The van der Waals surface area contributed by atoms with E-state index in [0.29, 0.717) is 12.1 Å². The first kappa shape index (κ1) is 17.7. The molecule has 2 aromatic carbocycles. The van der Waals surface area contributed by atoms with Gasteiger partial charge in [0.1, 0.15) is 0 Å². The summed E-state index contributed by atoms with van der Waals surface area (Å²) >= 11 is 0. The van der Waals surface area contributed by atoms with Crippen LogP contribution in [0.25, 0.3) is 0 Å². The van der Waals surface area contributed by atoms with Crippen molar-refractivity contribution in [3.63, 3.8) is 0 Å². The van der Waals surface area contributed by atoms with Crippen molar-refractivity contribution in [3.05, 3.63) is 71.3 Å². The predicted octanol–water partition coefficient (Wildman–Crippen LogP) is 4.77. The summed E-state index contributed by atoms with van der Waals surface area (Å²) in [6.07, 6.45) is 7.67. The zero-order valence-electron chi connectivity index (χ0n) is 14.7. The number of nitrogens with one attached hydrogen (secondary N) is 1. The van der Waals surface area contributed by atoms with E-state index in [0.717, 1.165) is 12.1 Å². The molecule has 1 aliphatic rings. The van der Waals surface area contributed by atoms with E-state index in [4.69, 9.17) is 5.11 Å². The topological polar surface area (TPSA) is 49.3 Å². The number of carboxylic acids is 1. The van der Waals surface area contributed by atoms with Gasteiger partial charge in [0.25, 0.3) is 0 Å². The summed E-state index contributed by atoms with van der Waals surface area (Å²) in [6, 6.07) is 18.1. The molecule has 0 spiro atoms. The number of benzene rings is 2. The monoisotopic (exact) mass is 337 g/mol. The van der Waals surface area contributed by atoms with Gasteiger partial charge >= 0.3 is 5.97 Å². The third-order valence-corrected chi connectivity index (χ3v) is 5.41. The average molecular weight is 337 g/mol. The second-order valence-electron chi connectivity index (χ2n) is 7.17. The number of carbonyl (C=O) groups is 1. The fourth-order valence-corrected chi connectivity index (χ4v) is 4.02. The van der Waals surface area contributed by atoms with Crippen molar-refractivity contribution in [2.45, 2.75) is 50.5 Å². The fraction of sp³-hybridized carbons (Fsp3) is 0.409. The summed E-state index contributed by atoms with van der Waals surface area (Å²) in [6.45, 7) is 1.64. The van der Waals surface area contributed by atoms with Crippen LogP contribution in [0.1, 0.15) is 60.0 Å². The smallest absolute Gasteiger partial charge is 0.335 e. The molecular weight excluding hydrogens is 310 g/mol. The Kier molecular flexibility index (Phi) is 5.87. The number of rotatable bonds is 6. The Morgan fingerprint density at radius 1 is 0.960 bits per heavy atom. The van der Waals surface area contributed by atoms with E-state index >= 15 is 0 Å². The van der Waals surface area contributed by atoms with Crippen molar-refractivity contribution < 1.29 is 9.90 Å². The first-order chi connectivity index (χ1) is 12.2. The molecule has 0 saturated heterocycles. The predicted molar refractivity (Wildman–Crippen MR) is 101 cm³/mol. The third kappa shape index (κ3) is 4.49. The van der Waals surface area contributed by atoms with Gasteiger partial charge in [0.2, 0.25) is 0 Å². The van der Waals surface area contributed by atoms with E-state index in [2.05, 4.69) is 35.6 Å². The number of hydrogen-bond acceptors (Lipinski definition) is 2. The van der Waals surface area contributed by atoms with Gasteiger partial charge in [-0.25, -0.2) is 4.79 Å². The summed E-state index contributed by atoms with van der Waals surface area (Å²) in [7, 11) is 0. The number of carboxylic acid groups (broad SMARTS) is 1. The summed E-state index contributed by atoms with van der Waals surface area (Å²) in [4.78, 5) is 11.1. The first-order valence-electron chi connectivity index (χ1n) is 9.28. The van der Waals surface area contributed by atoms with Gasteiger partial charge in [0.05, 0.1) is 5.56 Å². The van der Waals surface area contributed by atoms with Gasteiger partial charge in [0, 0.05) is 18.5 Å².